The second kappa shape index (κ2) is 4.44. The van der Waals surface area contributed by atoms with Crippen molar-refractivity contribution in [2.45, 2.75) is 31.8 Å². The van der Waals surface area contributed by atoms with Crippen LogP contribution in [0.2, 0.25) is 0 Å². The van der Waals surface area contributed by atoms with Gasteiger partial charge in [0.25, 0.3) is 5.56 Å². The van der Waals surface area contributed by atoms with Crippen LogP contribution in [-0.4, -0.2) is 38.6 Å². The van der Waals surface area contributed by atoms with E-state index in [1.807, 2.05) is 0 Å². The lowest BCUT2D eigenvalue weighted by atomic mass is 10.2. The lowest BCUT2D eigenvalue weighted by molar-refractivity contribution is -0.0459. The third kappa shape index (κ3) is 2.17. The van der Waals surface area contributed by atoms with Crippen LogP contribution in [-0.2, 0) is 4.74 Å². The number of rotatable bonds is 2. The van der Waals surface area contributed by atoms with Gasteiger partial charge in [-0.1, -0.05) is 0 Å². The Bertz CT molecular complexity index is 520. The Morgan fingerprint density at radius 3 is 2.88 bits per heavy atom. The number of H-pyrrole nitrogens is 1. The molecule has 3 atom stereocenters. The molecular formula is C10H14N2O5. The highest BCUT2D eigenvalue weighted by Gasteiger charge is 2.34. The third-order valence-electron chi connectivity index (χ3n) is 2.84. The molecule has 0 bridgehead atoms. The molecule has 3 N–H and O–H groups in total. The summed E-state index contributed by atoms with van der Waals surface area (Å²) in [6.45, 7) is 1.26. The number of nitrogens with one attached hydrogen (secondary N) is 1. The van der Waals surface area contributed by atoms with E-state index in [4.69, 9.17) is 9.84 Å². The van der Waals surface area contributed by atoms with Crippen LogP contribution in [0.4, 0.5) is 0 Å². The van der Waals surface area contributed by atoms with Crippen LogP contribution in [0, 0.1) is 6.92 Å². The minimum atomic E-state index is -0.816. The van der Waals surface area contributed by atoms with Crippen LogP contribution < -0.4 is 11.2 Å². The van der Waals surface area contributed by atoms with Crippen molar-refractivity contribution in [3.63, 3.8) is 0 Å². The second-order valence-electron chi connectivity index (χ2n) is 4.09. The largest absolute Gasteiger partial charge is 0.394 e. The fourth-order valence-electron chi connectivity index (χ4n) is 1.85. The molecule has 0 aliphatic carbocycles. The van der Waals surface area contributed by atoms with Crippen LogP contribution in [0.1, 0.15) is 18.2 Å². The molecule has 1 saturated heterocycles. The zero-order valence-electron chi connectivity index (χ0n) is 9.29. The fourth-order valence-corrected chi connectivity index (χ4v) is 1.85. The molecule has 1 aromatic heterocycles. The summed E-state index contributed by atoms with van der Waals surface area (Å²) in [4.78, 5) is 24.9. The lowest BCUT2D eigenvalue weighted by Gasteiger charge is -2.14. The molecule has 17 heavy (non-hydrogen) atoms. The van der Waals surface area contributed by atoms with Crippen LogP contribution in [0.15, 0.2) is 15.8 Å². The zero-order chi connectivity index (χ0) is 12.6. The van der Waals surface area contributed by atoms with Crippen LogP contribution >= 0.6 is 0 Å². The van der Waals surface area contributed by atoms with Gasteiger partial charge in [-0.25, -0.2) is 4.79 Å². The lowest BCUT2D eigenvalue weighted by Crippen LogP contribution is -2.33. The maximum absolute atomic E-state index is 11.6. The molecule has 7 heteroatoms. The molecule has 0 amide bonds. The van der Waals surface area contributed by atoms with Crippen molar-refractivity contribution in [3.05, 3.63) is 32.6 Å². The van der Waals surface area contributed by atoms with Gasteiger partial charge in [0.15, 0.2) is 0 Å². The maximum atomic E-state index is 11.6. The van der Waals surface area contributed by atoms with Crippen molar-refractivity contribution in [1.82, 2.24) is 9.55 Å². The SMILES string of the molecule is Cc1cn([C@@H]2C[C@H](O)C(CO)O2)c(=O)[nH]c1=O. The van der Waals surface area contributed by atoms with Crippen molar-refractivity contribution >= 4 is 0 Å². The highest BCUT2D eigenvalue weighted by molar-refractivity contribution is 5.02. The fraction of sp³-hybridized carbons (Fsp3) is 0.600. The topological polar surface area (TPSA) is 105 Å². The minimum absolute atomic E-state index is 0.205. The van der Waals surface area contributed by atoms with Gasteiger partial charge in [-0.2, -0.15) is 0 Å². The van der Waals surface area contributed by atoms with Crippen molar-refractivity contribution in [2.24, 2.45) is 0 Å². The van der Waals surface area contributed by atoms with Gasteiger partial charge in [-0.15, -0.1) is 0 Å². The molecule has 0 spiro atoms. The van der Waals surface area contributed by atoms with Crippen LogP contribution in [0.5, 0.6) is 0 Å². The molecule has 94 valence electrons. The Morgan fingerprint density at radius 2 is 2.29 bits per heavy atom. The molecule has 0 aromatic carbocycles. The normalized spacial score (nSPS) is 28.5. The summed E-state index contributed by atoms with van der Waals surface area (Å²) >= 11 is 0. The Hall–Kier alpha value is -1.44. The highest BCUT2D eigenvalue weighted by Crippen LogP contribution is 2.27. The Labute approximate surface area is 96.3 Å². The summed E-state index contributed by atoms with van der Waals surface area (Å²) in [6, 6.07) is 0. The van der Waals surface area contributed by atoms with Gasteiger partial charge in [0.1, 0.15) is 12.3 Å². The quantitative estimate of drug-likeness (QED) is 0.584. The first-order valence-electron chi connectivity index (χ1n) is 5.29. The van der Waals surface area contributed by atoms with E-state index in [9.17, 15) is 14.7 Å². The number of nitrogens with zero attached hydrogens (tertiary/aromatic N) is 1. The average molecular weight is 242 g/mol. The maximum Gasteiger partial charge on any atom is 0.330 e. The Kier molecular flexibility index (Phi) is 3.14. The molecule has 7 nitrogen and oxygen atoms in total. The van der Waals surface area contributed by atoms with Gasteiger partial charge in [-0.05, 0) is 6.92 Å². The van der Waals surface area contributed by atoms with Crippen molar-refractivity contribution in [2.75, 3.05) is 6.61 Å². The number of hydrogen-bond acceptors (Lipinski definition) is 5. The minimum Gasteiger partial charge on any atom is -0.394 e. The number of hydrogen-bond donors (Lipinski definition) is 3. The van der Waals surface area contributed by atoms with E-state index in [1.54, 1.807) is 6.92 Å². The summed E-state index contributed by atoms with van der Waals surface area (Å²) < 4.78 is 6.54. The molecule has 0 radical (unpaired) electrons. The number of aromatic nitrogens is 2. The van der Waals surface area contributed by atoms with Crippen molar-refractivity contribution < 1.29 is 14.9 Å². The molecule has 2 rings (SSSR count). The van der Waals surface area contributed by atoms with E-state index >= 15 is 0 Å². The van der Waals surface area contributed by atoms with E-state index < -0.39 is 29.7 Å². The standard InChI is InChI=1S/C10H14N2O5/c1-5-3-12(10(16)11-9(5)15)8-2-6(14)7(4-13)17-8/h3,6-8,13-14H,2,4H2,1H3,(H,11,15,16)/t6-,7?,8-/m0/s1. The van der Waals surface area contributed by atoms with Gasteiger partial charge < -0.3 is 14.9 Å². The van der Waals surface area contributed by atoms with Crippen LogP contribution in [0.3, 0.4) is 0 Å². The second-order valence-corrected chi connectivity index (χ2v) is 4.09. The summed E-state index contributed by atoms with van der Waals surface area (Å²) in [6.07, 6.45) is -0.581. The first-order chi connectivity index (χ1) is 8.02. The van der Waals surface area contributed by atoms with Crippen molar-refractivity contribution in [1.29, 1.82) is 0 Å². The van der Waals surface area contributed by atoms with Gasteiger partial charge in [-0.3, -0.25) is 14.3 Å². The summed E-state index contributed by atoms with van der Waals surface area (Å²) in [5.74, 6) is 0. The number of aromatic amines is 1. The summed E-state index contributed by atoms with van der Waals surface area (Å²) in [5.41, 5.74) is -0.643. The van der Waals surface area contributed by atoms with E-state index in [0.717, 1.165) is 0 Å². The number of ether oxygens (including phenoxy) is 1. The van der Waals surface area contributed by atoms with E-state index in [0.29, 0.717) is 5.56 Å². The predicted molar refractivity (Wildman–Crippen MR) is 57.7 cm³/mol. The molecule has 1 aliphatic rings. The average Bonchev–Trinajstić information content (AvgIpc) is 2.65. The molecule has 1 aliphatic heterocycles. The van der Waals surface area contributed by atoms with Gasteiger partial charge in [0.2, 0.25) is 0 Å². The molecule has 1 unspecified atom stereocenters. The summed E-state index contributed by atoms with van der Waals surface area (Å²) in [7, 11) is 0. The predicted octanol–water partition coefficient (Wildman–Crippen LogP) is -1.51. The van der Waals surface area contributed by atoms with Gasteiger partial charge in [0, 0.05) is 18.2 Å². The first kappa shape index (κ1) is 12.0. The number of aryl methyl sites for hydroxylation is 1. The smallest absolute Gasteiger partial charge is 0.330 e. The van der Waals surface area contributed by atoms with E-state index in [1.165, 1.54) is 10.8 Å². The number of aliphatic hydroxyl groups excluding tert-OH is 2. The zero-order valence-corrected chi connectivity index (χ0v) is 9.29. The van der Waals surface area contributed by atoms with Crippen LogP contribution in [0.25, 0.3) is 0 Å². The van der Waals surface area contributed by atoms with Crippen molar-refractivity contribution in [3.8, 4) is 0 Å². The van der Waals surface area contributed by atoms with E-state index in [2.05, 4.69) is 4.98 Å². The van der Waals surface area contributed by atoms with E-state index in [-0.39, 0.29) is 13.0 Å². The molecule has 2 heterocycles. The summed E-state index contributed by atoms with van der Waals surface area (Å²) in [5, 5.41) is 18.5. The number of aliphatic hydroxyl groups is 2. The highest BCUT2D eigenvalue weighted by atomic mass is 16.5. The Balaban J connectivity index is 2.34. The first-order valence-corrected chi connectivity index (χ1v) is 5.29. The van der Waals surface area contributed by atoms with Gasteiger partial charge in [0.05, 0.1) is 12.7 Å². The molecule has 0 saturated carbocycles. The molecular weight excluding hydrogens is 228 g/mol. The third-order valence-corrected chi connectivity index (χ3v) is 2.84. The van der Waals surface area contributed by atoms with Gasteiger partial charge >= 0.3 is 5.69 Å². The monoisotopic (exact) mass is 242 g/mol. The Morgan fingerprint density at radius 1 is 1.59 bits per heavy atom. The molecule has 1 aromatic rings. The molecule has 1 fully saturated rings.